The van der Waals surface area contributed by atoms with Crippen LogP contribution in [0.4, 0.5) is 0 Å². The molecule has 0 aliphatic carbocycles. The SMILES string of the molecule is O=C(CCc1ccccc1)NCCCCC(NC(=O)CCc1ccccc1)C(=O)O. The van der Waals surface area contributed by atoms with E-state index < -0.39 is 12.0 Å². The van der Waals surface area contributed by atoms with Gasteiger partial charge in [-0.05, 0) is 43.2 Å². The fourth-order valence-electron chi connectivity index (χ4n) is 3.12. The number of unbranched alkanes of at least 4 members (excludes halogenated alkanes) is 1. The Morgan fingerprint density at radius 1 is 0.767 bits per heavy atom. The molecule has 0 aliphatic rings. The first-order valence-corrected chi connectivity index (χ1v) is 10.4. The molecule has 0 heterocycles. The highest BCUT2D eigenvalue weighted by atomic mass is 16.4. The van der Waals surface area contributed by atoms with Crippen molar-refractivity contribution in [3.63, 3.8) is 0 Å². The van der Waals surface area contributed by atoms with Gasteiger partial charge in [-0.15, -0.1) is 0 Å². The molecule has 0 saturated heterocycles. The molecule has 0 fully saturated rings. The normalized spacial score (nSPS) is 11.5. The van der Waals surface area contributed by atoms with E-state index in [9.17, 15) is 19.5 Å². The van der Waals surface area contributed by atoms with E-state index in [2.05, 4.69) is 10.6 Å². The van der Waals surface area contributed by atoms with E-state index in [1.54, 1.807) is 0 Å². The summed E-state index contributed by atoms with van der Waals surface area (Å²) in [6, 6.07) is 18.5. The fraction of sp³-hybridized carbons (Fsp3) is 0.375. The zero-order valence-corrected chi connectivity index (χ0v) is 17.2. The number of carbonyl (C=O) groups excluding carboxylic acids is 2. The number of aryl methyl sites for hydroxylation is 2. The Balaban J connectivity index is 1.59. The summed E-state index contributed by atoms with van der Waals surface area (Å²) in [6.45, 7) is 0.502. The highest BCUT2D eigenvalue weighted by molar-refractivity contribution is 5.83. The average molecular weight is 411 g/mol. The molecule has 1 unspecified atom stereocenters. The Hall–Kier alpha value is -3.15. The van der Waals surface area contributed by atoms with Gasteiger partial charge in [-0.3, -0.25) is 9.59 Å². The first kappa shape index (κ1) is 23.1. The summed E-state index contributed by atoms with van der Waals surface area (Å²) in [5.41, 5.74) is 2.17. The van der Waals surface area contributed by atoms with Crippen LogP contribution in [-0.2, 0) is 27.2 Å². The summed E-state index contributed by atoms with van der Waals surface area (Å²) in [6.07, 6.45) is 3.57. The number of hydrogen-bond acceptors (Lipinski definition) is 3. The summed E-state index contributed by atoms with van der Waals surface area (Å²) >= 11 is 0. The lowest BCUT2D eigenvalue weighted by Crippen LogP contribution is -2.41. The maximum Gasteiger partial charge on any atom is 0.326 e. The van der Waals surface area contributed by atoms with Crippen LogP contribution in [0.2, 0.25) is 0 Å². The molecule has 0 aromatic heterocycles. The Kier molecular flexibility index (Phi) is 10.1. The van der Waals surface area contributed by atoms with Gasteiger partial charge in [0.25, 0.3) is 0 Å². The van der Waals surface area contributed by atoms with E-state index >= 15 is 0 Å². The molecule has 2 rings (SSSR count). The number of benzene rings is 2. The van der Waals surface area contributed by atoms with Gasteiger partial charge in [0.1, 0.15) is 6.04 Å². The molecule has 1 atom stereocenters. The van der Waals surface area contributed by atoms with E-state index in [4.69, 9.17) is 0 Å². The number of nitrogens with one attached hydrogen (secondary N) is 2. The molecule has 2 amide bonds. The molecule has 0 aliphatic heterocycles. The first-order valence-electron chi connectivity index (χ1n) is 10.4. The van der Waals surface area contributed by atoms with Crippen molar-refractivity contribution in [2.45, 2.75) is 51.0 Å². The van der Waals surface area contributed by atoms with Gasteiger partial charge in [0.15, 0.2) is 0 Å². The Labute approximate surface area is 177 Å². The lowest BCUT2D eigenvalue weighted by Gasteiger charge is -2.14. The van der Waals surface area contributed by atoms with Gasteiger partial charge >= 0.3 is 5.97 Å². The first-order chi connectivity index (χ1) is 14.5. The smallest absolute Gasteiger partial charge is 0.326 e. The van der Waals surface area contributed by atoms with Crippen LogP contribution < -0.4 is 10.6 Å². The predicted octanol–water partition coefficient (Wildman–Crippen LogP) is 3.11. The van der Waals surface area contributed by atoms with Crippen molar-refractivity contribution in [1.29, 1.82) is 0 Å². The van der Waals surface area contributed by atoms with Gasteiger partial charge in [0.05, 0.1) is 0 Å². The average Bonchev–Trinajstić information content (AvgIpc) is 2.76. The van der Waals surface area contributed by atoms with E-state index in [0.29, 0.717) is 45.1 Å². The van der Waals surface area contributed by atoms with Crippen molar-refractivity contribution >= 4 is 17.8 Å². The fourth-order valence-corrected chi connectivity index (χ4v) is 3.12. The maximum absolute atomic E-state index is 12.1. The standard InChI is InChI=1S/C24H30N2O4/c27-22(16-14-19-9-3-1-4-10-19)25-18-8-7-13-21(24(29)30)26-23(28)17-15-20-11-5-2-6-12-20/h1-6,9-12,21H,7-8,13-18H2,(H,25,27)(H,26,28)(H,29,30). The van der Waals surface area contributed by atoms with Crippen molar-refractivity contribution < 1.29 is 19.5 Å². The maximum atomic E-state index is 12.1. The van der Waals surface area contributed by atoms with Crippen LogP contribution in [0.15, 0.2) is 60.7 Å². The molecule has 6 heteroatoms. The minimum Gasteiger partial charge on any atom is -0.480 e. The molecule has 0 bridgehead atoms. The van der Waals surface area contributed by atoms with Gasteiger partial charge in [-0.25, -0.2) is 4.79 Å². The van der Waals surface area contributed by atoms with Crippen LogP contribution in [0.3, 0.4) is 0 Å². The second-order valence-corrected chi connectivity index (χ2v) is 7.28. The number of rotatable bonds is 13. The van der Waals surface area contributed by atoms with Crippen molar-refractivity contribution in [3.05, 3.63) is 71.8 Å². The van der Waals surface area contributed by atoms with E-state index in [1.165, 1.54) is 0 Å². The Morgan fingerprint density at radius 2 is 1.30 bits per heavy atom. The number of carboxylic acids is 1. The minimum atomic E-state index is -1.03. The monoisotopic (exact) mass is 410 g/mol. The van der Waals surface area contributed by atoms with Crippen LogP contribution in [0.5, 0.6) is 0 Å². The predicted molar refractivity (Wildman–Crippen MR) is 116 cm³/mol. The number of aliphatic carboxylic acids is 1. The summed E-state index contributed by atoms with van der Waals surface area (Å²) in [7, 11) is 0. The lowest BCUT2D eigenvalue weighted by molar-refractivity contribution is -0.142. The minimum absolute atomic E-state index is 0.0112. The van der Waals surface area contributed by atoms with Gasteiger partial charge in [0, 0.05) is 19.4 Å². The third kappa shape index (κ3) is 9.37. The van der Waals surface area contributed by atoms with Crippen molar-refractivity contribution in [3.8, 4) is 0 Å². The van der Waals surface area contributed by atoms with Crippen LogP contribution in [0.1, 0.15) is 43.2 Å². The number of amides is 2. The largest absolute Gasteiger partial charge is 0.480 e. The van der Waals surface area contributed by atoms with Gasteiger partial charge < -0.3 is 15.7 Å². The summed E-state index contributed by atoms with van der Waals surface area (Å²) in [5, 5.41) is 14.8. The van der Waals surface area contributed by atoms with Gasteiger partial charge in [0.2, 0.25) is 11.8 Å². The Morgan fingerprint density at radius 3 is 1.83 bits per heavy atom. The summed E-state index contributed by atoms with van der Waals surface area (Å²) in [4.78, 5) is 35.4. The van der Waals surface area contributed by atoms with Crippen LogP contribution in [-0.4, -0.2) is 35.5 Å². The molecule has 2 aromatic carbocycles. The topological polar surface area (TPSA) is 95.5 Å². The molecule has 0 spiro atoms. The molecular weight excluding hydrogens is 380 g/mol. The van der Waals surface area contributed by atoms with E-state index in [1.807, 2.05) is 60.7 Å². The molecule has 3 N–H and O–H groups in total. The second kappa shape index (κ2) is 13.1. The van der Waals surface area contributed by atoms with Crippen LogP contribution in [0, 0.1) is 0 Å². The van der Waals surface area contributed by atoms with Crippen LogP contribution >= 0.6 is 0 Å². The zero-order valence-electron chi connectivity index (χ0n) is 17.2. The van der Waals surface area contributed by atoms with Crippen LogP contribution in [0.25, 0.3) is 0 Å². The number of carboxylic acid groups (broad SMARTS) is 1. The van der Waals surface area contributed by atoms with E-state index in [-0.39, 0.29) is 18.2 Å². The molecule has 0 saturated carbocycles. The highest BCUT2D eigenvalue weighted by Crippen LogP contribution is 2.06. The third-order valence-corrected chi connectivity index (χ3v) is 4.84. The summed E-state index contributed by atoms with van der Waals surface area (Å²) < 4.78 is 0. The van der Waals surface area contributed by atoms with Crippen molar-refractivity contribution in [1.82, 2.24) is 10.6 Å². The second-order valence-electron chi connectivity index (χ2n) is 7.28. The van der Waals surface area contributed by atoms with Crippen molar-refractivity contribution in [2.75, 3.05) is 6.54 Å². The third-order valence-electron chi connectivity index (χ3n) is 4.84. The zero-order chi connectivity index (χ0) is 21.6. The van der Waals surface area contributed by atoms with Crippen molar-refractivity contribution in [2.24, 2.45) is 0 Å². The van der Waals surface area contributed by atoms with Gasteiger partial charge in [-0.1, -0.05) is 60.7 Å². The summed E-state index contributed by atoms with van der Waals surface area (Å²) in [5.74, 6) is -1.31. The molecule has 30 heavy (non-hydrogen) atoms. The number of hydrogen-bond donors (Lipinski definition) is 3. The molecule has 2 aromatic rings. The lowest BCUT2D eigenvalue weighted by atomic mass is 10.1. The van der Waals surface area contributed by atoms with E-state index in [0.717, 1.165) is 11.1 Å². The molecule has 0 radical (unpaired) electrons. The Bertz CT molecular complexity index is 793. The quantitative estimate of drug-likeness (QED) is 0.442. The molecule has 160 valence electrons. The molecule has 6 nitrogen and oxygen atoms in total. The molecular formula is C24H30N2O4. The highest BCUT2D eigenvalue weighted by Gasteiger charge is 2.19. The number of carbonyl (C=O) groups is 3. The van der Waals surface area contributed by atoms with Gasteiger partial charge in [-0.2, -0.15) is 0 Å².